The number of aromatic nitrogens is 3. The van der Waals surface area contributed by atoms with Crippen LogP contribution in [0.25, 0.3) is 0 Å². The maximum atomic E-state index is 12.5. The lowest BCUT2D eigenvalue weighted by atomic mass is 10.0. The Morgan fingerprint density at radius 2 is 1.92 bits per heavy atom. The van der Waals surface area contributed by atoms with E-state index in [-0.39, 0.29) is 11.4 Å². The van der Waals surface area contributed by atoms with Crippen LogP contribution in [-0.2, 0) is 11.3 Å². The predicted octanol–water partition coefficient (Wildman–Crippen LogP) is 2.29. The molecule has 0 radical (unpaired) electrons. The molecule has 1 aromatic carbocycles. The molecule has 128 valence electrons. The molecule has 1 amide bonds. The third-order valence-electron chi connectivity index (χ3n) is 3.67. The number of amides is 1. The van der Waals surface area contributed by atoms with Crippen molar-refractivity contribution in [3.63, 3.8) is 0 Å². The van der Waals surface area contributed by atoms with Crippen LogP contribution in [0.15, 0.2) is 67.1 Å². The first-order chi connectivity index (χ1) is 12.7. The summed E-state index contributed by atoms with van der Waals surface area (Å²) in [5.74, 6) is -2.50. The summed E-state index contributed by atoms with van der Waals surface area (Å²) < 4.78 is 1.59. The fraction of sp³-hybridized carbons (Fsp3) is 0.105. The Morgan fingerprint density at radius 1 is 1.15 bits per heavy atom. The Labute approximate surface area is 149 Å². The monoisotopic (exact) mass is 345 g/mol. The molecule has 1 atom stereocenters. The van der Waals surface area contributed by atoms with Crippen molar-refractivity contribution in [2.45, 2.75) is 6.54 Å². The lowest BCUT2D eigenvalue weighted by Crippen LogP contribution is -2.28. The Kier molecular flexibility index (Phi) is 5.15. The zero-order valence-corrected chi connectivity index (χ0v) is 13.7. The molecule has 7 nitrogen and oxygen atoms in total. The van der Waals surface area contributed by atoms with Gasteiger partial charge in [0.1, 0.15) is 5.82 Å². The second-order valence-corrected chi connectivity index (χ2v) is 5.54. The van der Waals surface area contributed by atoms with Crippen molar-refractivity contribution in [3.05, 3.63) is 78.2 Å². The van der Waals surface area contributed by atoms with Gasteiger partial charge in [-0.15, -0.1) is 0 Å². The molecule has 0 aliphatic heterocycles. The van der Waals surface area contributed by atoms with Gasteiger partial charge in [-0.2, -0.15) is 10.4 Å². The van der Waals surface area contributed by atoms with Crippen LogP contribution in [0.3, 0.4) is 0 Å². The number of Topliss-reactive ketones (excluding diaryl/α,β-unsaturated/α-hetero) is 1. The number of anilines is 1. The van der Waals surface area contributed by atoms with Gasteiger partial charge in [0.15, 0.2) is 11.7 Å². The maximum Gasteiger partial charge on any atom is 0.250 e. The fourth-order valence-electron chi connectivity index (χ4n) is 2.39. The van der Waals surface area contributed by atoms with E-state index < -0.39 is 17.6 Å². The summed E-state index contributed by atoms with van der Waals surface area (Å²) in [6.45, 7) is 0.492. The van der Waals surface area contributed by atoms with E-state index in [4.69, 9.17) is 0 Å². The van der Waals surface area contributed by atoms with Gasteiger partial charge in [-0.25, -0.2) is 4.98 Å². The van der Waals surface area contributed by atoms with Gasteiger partial charge >= 0.3 is 0 Å². The first-order valence-corrected chi connectivity index (χ1v) is 7.89. The molecule has 26 heavy (non-hydrogen) atoms. The number of pyridine rings is 1. The van der Waals surface area contributed by atoms with E-state index >= 15 is 0 Å². The Morgan fingerprint density at radius 3 is 2.62 bits per heavy atom. The molecule has 0 aliphatic carbocycles. The minimum Gasteiger partial charge on any atom is -0.309 e. The number of ketones is 1. The van der Waals surface area contributed by atoms with E-state index in [1.165, 1.54) is 18.6 Å². The molecule has 0 saturated carbocycles. The van der Waals surface area contributed by atoms with Crippen molar-refractivity contribution < 1.29 is 9.59 Å². The van der Waals surface area contributed by atoms with Crippen molar-refractivity contribution in [2.75, 3.05) is 5.32 Å². The molecule has 0 bridgehead atoms. The third kappa shape index (κ3) is 3.99. The number of hydrogen-bond donors (Lipinski definition) is 1. The number of benzene rings is 1. The van der Waals surface area contributed by atoms with E-state index in [1.54, 1.807) is 29.0 Å². The minimum atomic E-state index is -1.47. The fourth-order valence-corrected chi connectivity index (χ4v) is 2.39. The number of nitrogens with zero attached hydrogens (tertiary/aromatic N) is 4. The summed E-state index contributed by atoms with van der Waals surface area (Å²) in [6, 6.07) is 16.4. The van der Waals surface area contributed by atoms with Gasteiger partial charge in [0.25, 0.3) is 5.91 Å². The molecular weight excluding hydrogens is 330 g/mol. The zero-order valence-electron chi connectivity index (χ0n) is 13.7. The molecule has 0 unspecified atom stereocenters. The van der Waals surface area contributed by atoms with Crippen molar-refractivity contribution in [3.8, 4) is 6.07 Å². The lowest BCUT2D eigenvalue weighted by molar-refractivity contribution is -0.117. The quantitative estimate of drug-likeness (QED) is 0.546. The van der Waals surface area contributed by atoms with Crippen LogP contribution < -0.4 is 5.32 Å². The third-order valence-corrected chi connectivity index (χ3v) is 3.67. The smallest absolute Gasteiger partial charge is 0.250 e. The van der Waals surface area contributed by atoms with Gasteiger partial charge in [-0.3, -0.25) is 14.3 Å². The summed E-state index contributed by atoms with van der Waals surface area (Å²) in [7, 11) is 0. The molecule has 1 N–H and O–H groups in total. The molecule has 0 spiro atoms. The summed E-state index contributed by atoms with van der Waals surface area (Å²) in [6.07, 6.45) is 4.41. The first kappa shape index (κ1) is 17.0. The highest BCUT2D eigenvalue weighted by atomic mass is 16.2. The van der Waals surface area contributed by atoms with Gasteiger partial charge in [-0.1, -0.05) is 36.4 Å². The average Bonchev–Trinajstić information content (AvgIpc) is 3.12. The Hall–Kier alpha value is -3.79. The number of rotatable bonds is 6. The van der Waals surface area contributed by atoms with Crippen LogP contribution >= 0.6 is 0 Å². The molecule has 3 aromatic rings. The van der Waals surface area contributed by atoms with Crippen LogP contribution in [-0.4, -0.2) is 26.5 Å². The van der Waals surface area contributed by atoms with Crippen LogP contribution in [0.4, 0.5) is 5.82 Å². The largest absolute Gasteiger partial charge is 0.309 e. The normalized spacial score (nSPS) is 11.3. The van der Waals surface area contributed by atoms with E-state index in [0.29, 0.717) is 6.54 Å². The average molecular weight is 345 g/mol. The summed E-state index contributed by atoms with van der Waals surface area (Å²) in [4.78, 5) is 28.7. The van der Waals surface area contributed by atoms with Crippen molar-refractivity contribution in [1.29, 1.82) is 5.26 Å². The predicted molar refractivity (Wildman–Crippen MR) is 94.1 cm³/mol. The molecule has 7 heteroatoms. The van der Waals surface area contributed by atoms with Gasteiger partial charge < -0.3 is 5.32 Å². The SMILES string of the molecule is N#C[C@H](C(=O)Nc1ccccn1)C(=O)c1cnn(Cc2ccccc2)c1. The second-order valence-electron chi connectivity index (χ2n) is 5.54. The molecule has 0 fully saturated rings. The molecule has 0 aliphatic rings. The van der Waals surface area contributed by atoms with E-state index in [2.05, 4.69) is 15.4 Å². The highest BCUT2D eigenvalue weighted by Crippen LogP contribution is 2.12. The molecular formula is C19H15N5O2. The van der Waals surface area contributed by atoms with Crippen LogP contribution in [0.1, 0.15) is 15.9 Å². The van der Waals surface area contributed by atoms with Crippen molar-refractivity contribution in [2.24, 2.45) is 5.92 Å². The maximum absolute atomic E-state index is 12.5. The van der Waals surface area contributed by atoms with Crippen LogP contribution in [0, 0.1) is 17.2 Å². The minimum absolute atomic E-state index is 0.212. The summed E-state index contributed by atoms with van der Waals surface area (Å²) >= 11 is 0. The topological polar surface area (TPSA) is 101 Å². The van der Waals surface area contributed by atoms with E-state index in [0.717, 1.165) is 5.56 Å². The molecule has 2 heterocycles. The molecule has 2 aromatic heterocycles. The van der Waals surface area contributed by atoms with Crippen molar-refractivity contribution >= 4 is 17.5 Å². The highest BCUT2D eigenvalue weighted by Gasteiger charge is 2.28. The number of nitriles is 1. The van der Waals surface area contributed by atoms with Gasteiger partial charge in [-0.05, 0) is 17.7 Å². The lowest BCUT2D eigenvalue weighted by Gasteiger charge is -2.07. The summed E-state index contributed by atoms with van der Waals surface area (Å²) in [5.41, 5.74) is 1.24. The summed E-state index contributed by atoms with van der Waals surface area (Å²) in [5, 5.41) is 15.9. The van der Waals surface area contributed by atoms with Gasteiger partial charge in [0, 0.05) is 12.4 Å². The number of nitrogens with one attached hydrogen (secondary N) is 1. The highest BCUT2D eigenvalue weighted by molar-refractivity contribution is 6.15. The Bertz CT molecular complexity index is 945. The molecule has 0 saturated heterocycles. The first-order valence-electron chi connectivity index (χ1n) is 7.89. The number of carbonyl (C=O) groups is 2. The Balaban J connectivity index is 1.71. The standard InChI is InChI=1S/C19H15N5O2/c20-10-16(19(26)23-17-8-4-5-9-21-17)18(25)15-11-22-24(13-15)12-14-6-2-1-3-7-14/h1-9,11,13,16H,12H2,(H,21,23,26)/t16-/m0/s1. The number of carbonyl (C=O) groups excluding carboxylic acids is 2. The number of hydrogen-bond acceptors (Lipinski definition) is 5. The molecule has 3 rings (SSSR count). The zero-order chi connectivity index (χ0) is 18.4. The van der Waals surface area contributed by atoms with Crippen LogP contribution in [0.5, 0.6) is 0 Å². The van der Waals surface area contributed by atoms with E-state index in [1.807, 2.05) is 30.3 Å². The second kappa shape index (κ2) is 7.85. The van der Waals surface area contributed by atoms with Crippen molar-refractivity contribution in [1.82, 2.24) is 14.8 Å². The van der Waals surface area contributed by atoms with Gasteiger partial charge in [0.2, 0.25) is 0 Å². The van der Waals surface area contributed by atoms with Crippen LogP contribution in [0.2, 0.25) is 0 Å². The van der Waals surface area contributed by atoms with E-state index in [9.17, 15) is 14.9 Å². The van der Waals surface area contributed by atoms with Gasteiger partial charge in [0.05, 0.1) is 24.4 Å².